The molecule has 5 nitrogen and oxygen atoms in total. The van der Waals surface area contributed by atoms with Gasteiger partial charge in [0.25, 0.3) is 0 Å². The quantitative estimate of drug-likeness (QED) is 0.928. The van der Waals surface area contributed by atoms with E-state index in [9.17, 15) is 9.90 Å². The van der Waals surface area contributed by atoms with Gasteiger partial charge < -0.3 is 19.6 Å². The van der Waals surface area contributed by atoms with Gasteiger partial charge in [-0.1, -0.05) is 23.7 Å². The van der Waals surface area contributed by atoms with Crippen molar-refractivity contribution in [3.05, 3.63) is 28.8 Å². The van der Waals surface area contributed by atoms with Crippen LogP contribution in [0.4, 0.5) is 10.5 Å². The van der Waals surface area contributed by atoms with Gasteiger partial charge in [0.2, 0.25) is 0 Å². The van der Waals surface area contributed by atoms with E-state index >= 15 is 0 Å². The van der Waals surface area contributed by atoms with Gasteiger partial charge in [0.15, 0.2) is 0 Å². The number of amides is 1. The molecule has 0 saturated carbocycles. The molecule has 2 unspecified atom stereocenters. The third kappa shape index (κ3) is 2.52. The Labute approximate surface area is 135 Å². The smallest absolute Gasteiger partial charge is 0.409 e. The number of likely N-dealkylation sites (tertiary alicyclic amines) is 1. The fourth-order valence-electron chi connectivity index (χ4n) is 3.68. The number of halogens is 1. The van der Waals surface area contributed by atoms with Crippen molar-refractivity contribution in [2.45, 2.75) is 25.3 Å². The van der Waals surface area contributed by atoms with Crippen molar-refractivity contribution in [2.24, 2.45) is 0 Å². The highest BCUT2D eigenvalue weighted by Gasteiger charge is 2.43. The van der Waals surface area contributed by atoms with E-state index in [1.165, 1.54) is 5.56 Å². The van der Waals surface area contributed by atoms with Crippen molar-refractivity contribution in [2.75, 3.05) is 37.7 Å². The van der Waals surface area contributed by atoms with E-state index in [1.54, 1.807) is 4.90 Å². The van der Waals surface area contributed by atoms with E-state index < -0.39 is 0 Å². The Bertz CT molecular complexity index is 566. The summed E-state index contributed by atoms with van der Waals surface area (Å²) in [5.41, 5.74) is 2.18. The van der Waals surface area contributed by atoms with Crippen LogP contribution in [0.5, 0.6) is 0 Å². The van der Waals surface area contributed by atoms with Crippen LogP contribution in [-0.4, -0.2) is 55.0 Å². The van der Waals surface area contributed by atoms with Crippen LogP contribution in [0.3, 0.4) is 0 Å². The normalized spacial score (nSPS) is 23.2. The van der Waals surface area contributed by atoms with Gasteiger partial charge in [-0.05, 0) is 25.0 Å². The molecule has 6 heteroatoms. The predicted octanol–water partition coefficient (Wildman–Crippen LogP) is 2.47. The van der Waals surface area contributed by atoms with Crippen molar-refractivity contribution < 1.29 is 14.6 Å². The highest BCUT2D eigenvalue weighted by atomic mass is 35.5. The average molecular weight is 325 g/mol. The highest BCUT2D eigenvalue weighted by Crippen LogP contribution is 2.47. The molecule has 1 saturated heterocycles. The molecule has 0 radical (unpaired) electrons. The van der Waals surface area contributed by atoms with E-state index in [4.69, 9.17) is 16.3 Å². The molecule has 120 valence electrons. The van der Waals surface area contributed by atoms with Crippen LogP contribution in [0, 0.1) is 0 Å². The van der Waals surface area contributed by atoms with Crippen LogP contribution < -0.4 is 4.90 Å². The Hall–Kier alpha value is -1.46. The lowest BCUT2D eigenvalue weighted by molar-refractivity contribution is 0.0931. The molecular formula is C16H21ClN2O3. The summed E-state index contributed by atoms with van der Waals surface area (Å²) in [7, 11) is 0. The molecule has 1 amide bonds. The molecule has 1 aromatic carbocycles. The molecule has 1 N–H and O–H groups in total. The summed E-state index contributed by atoms with van der Waals surface area (Å²) in [6.07, 6.45) is 0.610. The molecule has 2 aliphatic rings. The number of benzene rings is 1. The first-order valence-electron chi connectivity index (χ1n) is 7.75. The Morgan fingerprint density at radius 3 is 3.05 bits per heavy atom. The van der Waals surface area contributed by atoms with Crippen LogP contribution in [0.1, 0.15) is 24.8 Å². The minimum Gasteiger partial charge on any atom is -0.450 e. The van der Waals surface area contributed by atoms with E-state index in [1.807, 2.05) is 19.1 Å². The van der Waals surface area contributed by atoms with Crippen molar-refractivity contribution in [1.82, 2.24) is 4.90 Å². The van der Waals surface area contributed by atoms with Gasteiger partial charge in [0.1, 0.15) is 0 Å². The third-order valence-electron chi connectivity index (χ3n) is 4.55. The zero-order chi connectivity index (χ0) is 15.7. The summed E-state index contributed by atoms with van der Waals surface area (Å²) in [5.74, 6) is 0.221. The maximum atomic E-state index is 12.0. The van der Waals surface area contributed by atoms with Crippen LogP contribution in [0.2, 0.25) is 5.02 Å². The summed E-state index contributed by atoms with van der Waals surface area (Å²) in [4.78, 5) is 16.0. The number of β-amino-alcohol motifs (C(OH)–C–C–N with tert-alkyl or cyclic N) is 1. The van der Waals surface area contributed by atoms with Gasteiger partial charge in [-0.2, -0.15) is 0 Å². The maximum Gasteiger partial charge on any atom is 0.409 e. The number of carbonyl (C=O) groups is 1. The standard InChI is InChI=1S/C16H21ClN2O3/c1-2-22-16(21)18-7-6-14-12(10-18)11-4-3-5-13(17)15(11)19(14)8-9-20/h3-5,12,14,20H,2,6-10H2,1H3. The number of anilines is 1. The highest BCUT2D eigenvalue weighted by molar-refractivity contribution is 6.33. The first-order valence-corrected chi connectivity index (χ1v) is 8.12. The van der Waals surface area contributed by atoms with E-state index in [2.05, 4.69) is 11.0 Å². The molecule has 1 aromatic rings. The van der Waals surface area contributed by atoms with Gasteiger partial charge in [0, 0.05) is 31.6 Å². The van der Waals surface area contributed by atoms with Gasteiger partial charge in [-0.25, -0.2) is 4.79 Å². The zero-order valence-electron chi connectivity index (χ0n) is 12.7. The number of fused-ring (bicyclic) bond motifs is 3. The monoisotopic (exact) mass is 324 g/mol. The number of hydrogen-bond acceptors (Lipinski definition) is 4. The molecule has 2 heterocycles. The molecule has 1 fully saturated rings. The molecule has 2 atom stereocenters. The third-order valence-corrected chi connectivity index (χ3v) is 4.85. The van der Waals surface area contributed by atoms with Crippen LogP contribution in [-0.2, 0) is 4.74 Å². The number of para-hydroxylation sites is 1. The van der Waals surface area contributed by atoms with Crippen LogP contribution in [0.15, 0.2) is 18.2 Å². The molecule has 2 aliphatic heterocycles. The zero-order valence-corrected chi connectivity index (χ0v) is 13.4. The number of piperidine rings is 1. The van der Waals surface area contributed by atoms with E-state index in [-0.39, 0.29) is 24.7 Å². The van der Waals surface area contributed by atoms with Crippen molar-refractivity contribution in [1.29, 1.82) is 0 Å². The second-order valence-electron chi connectivity index (χ2n) is 5.70. The summed E-state index contributed by atoms with van der Waals surface area (Å²) in [5, 5.41) is 10.1. The SMILES string of the molecule is CCOC(=O)N1CCC2C(C1)c1cccc(Cl)c1N2CCO. The average Bonchev–Trinajstić information content (AvgIpc) is 2.83. The van der Waals surface area contributed by atoms with E-state index in [0.717, 1.165) is 12.1 Å². The second kappa shape index (κ2) is 6.34. The summed E-state index contributed by atoms with van der Waals surface area (Å²) in [6, 6.07) is 6.19. The van der Waals surface area contributed by atoms with Crippen molar-refractivity contribution >= 4 is 23.4 Å². The van der Waals surface area contributed by atoms with Crippen molar-refractivity contribution in [3.8, 4) is 0 Å². The Morgan fingerprint density at radius 2 is 2.32 bits per heavy atom. The van der Waals surface area contributed by atoms with Gasteiger partial charge >= 0.3 is 6.09 Å². The molecule has 22 heavy (non-hydrogen) atoms. The first-order chi connectivity index (χ1) is 10.7. The van der Waals surface area contributed by atoms with Gasteiger partial charge in [-0.3, -0.25) is 0 Å². The lowest BCUT2D eigenvalue weighted by Crippen LogP contribution is -2.48. The topological polar surface area (TPSA) is 53.0 Å². The van der Waals surface area contributed by atoms with Crippen LogP contribution in [0.25, 0.3) is 0 Å². The predicted molar refractivity (Wildman–Crippen MR) is 85.6 cm³/mol. The minimum absolute atomic E-state index is 0.0927. The summed E-state index contributed by atoms with van der Waals surface area (Å²) < 4.78 is 5.12. The number of ether oxygens (including phenoxy) is 1. The number of carbonyl (C=O) groups excluding carboxylic acids is 1. The number of nitrogens with zero attached hydrogens (tertiary/aromatic N) is 2. The molecular weight excluding hydrogens is 304 g/mol. The van der Waals surface area contributed by atoms with Gasteiger partial charge in [-0.15, -0.1) is 0 Å². The molecule has 0 spiro atoms. The maximum absolute atomic E-state index is 12.0. The molecule has 0 aliphatic carbocycles. The lowest BCUT2D eigenvalue weighted by atomic mass is 9.89. The molecule has 0 aromatic heterocycles. The Kier molecular flexibility index (Phi) is 4.45. The molecule has 0 bridgehead atoms. The largest absolute Gasteiger partial charge is 0.450 e. The second-order valence-corrected chi connectivity index (χ2v) is 6.11. The number of aliphatic hydroxyl groups excluding tert-OH is 1. The summed E-state index contributed by atoms with van der Waals surface area (Å²) >= 11 is 6.39. The minimum atomic E-state index is -0.245. The Morgan fingerprint density at radius 1 is 1.50 bits per heavy atom. The molecule has 3 rings (SSSR count). The number of hydrogen-bond donors (Lipinski definition) is 1. The number of rotatable bonds is 3. The fraction of sp³-hybridized carbons (Fsp3) is 0.562. The Balaban J connectivity index is 1.89. The number of aliphatic hydroxyl groups is 1. The lowest BCUT2D eigenvalue weighted by Gasteiger charge is -2.38. The fourth-order valence-corrected chi connectivity index (χ4v) is 3.97. The van der Waals surface area contributed by atoms with E-state index in [0.29, 0.717) is 31.3 Å². The summed E-state index contributed by atoms with van der Waals surface area (Å²) in [6.45, 7) is 4.18. The first kappa shape index (κ1) is 15.4. The van der Waals surface area contributed by atoms with Crippen molar-refractivity contribution in [3.63, 3.8) is 0 Å². The van der Waals surface area contributed by atoms with Crippen LogP contribution >= 0.6 is 11.6 Å². The van der Waals surface area contributed by atoms with Gasteiger partial charge in [0.05, 0.1) is 23.9 Å².